The number of hydrogen-bond acceptors (Lipinski definition) is 5. The van der Waals surface area contributed by atoms with Crippen LogP contribution in [-0.4, -0.2) is 69.0 Å². The van der Waals surface area contributed by atoms with Crippen LogP contribution in [0.25, 0.3) is 0 Å². The Hall–Kier alpha value is -2.41. The first-order valence-corrected chi connectivity index (χ1v) is 9.87. The lowest BCUT2D eigenvalue weighted by Crippen LogP contribution is -2.49. The van der Waals surface area contributed by atoms with E-state index < -0.39 is 0 Å². The highest BCUT2D eigenvalue weighted by Crippen LogP contribution is 2.20. The van der Waals surface area contributed by atoms with Crippen LogP contribution in [-0.2, 0) is 13.1 Å². The molecular weight excluding hydrogens is 340 g/mol. The van der Waals surface area contributed by atoms with Crippen LogP contribution in [0.5, 0.6) is 0 Å². The molecule has 0 N–H and O–H groups in total. The molecule has 0 atom stereocenters. The molecule has 144 valence electrons. The van der Waals surface area contributed by atoms with Gasteiger partial charge in [0.25, 0.3) is 5.91 Å². The van der Waals surface area contributed by atoms with Crippen molar-refractivity contribution in [1.82, 2.24) is 24.3 Å². The zero-order valence-electron chi connectivity index (χ0n) is 16.2. The van der Waals surface area contributed by atoms with Crippen LogP contribution in [0, 0.1) is 0 Å². The second-order valence-corrected chi connectivity index (χ2v) is 7.61. The molecule has 0 radical (unpaired) electrons. The quantitative estimate of drug-likeness (QED) is 0.828. The van der Waals surface area contributed by atoms with Crippen LogP contribution < -0.4 is 4.90 Å². The van der Waals surface area contributed by atoms with Gasteiger partial charge in [-0.25, -0.2) is 9.97 Å². The van der Waals surface area contributed by atoms with E-state index in [1.165, 1.54) is 5.69 Å². The first-order valence-electron chi connectivity index (χ1n) is 9.87. The van der Waals surface area contributed by atoms with Crippen molar-refractivity contribution in [2.75, 3.05) is 37.6 Å². The standard InChI is InChI=1S/C20H28N6O/c1-16(2)25-9-4-10-26-17(15-25)5-6-18(26)19(27)23-11-13-24(14-12-23)20-21-7-3-8-22-20/h3,5-8,16H,4,9-15H2,1-2H3. The van der Waals surface area contributed by atoms with E-state index in [1.807, 2.05) is 17.0 Å². The van der Waals surface area contributed by atoms with Gasteiger partial charge in [0.15, 0.2) is 0 Å². The van der Waals surface area contributed by atoms with Crippen molar-refractivity contribution in [3.05, 3.63) is 42.0 Å². The summed E-state index contributed by atoms with van der Waals surface area (Å²) >= 11 is 0. The van der Waals surface area contributed by atoms with Gasteiger partial charge in [0.1, 0.15) is 5.69 Å². The summed E-state index contributed by atoms with van der Waals surface area (Å²) in [7, 11) is 0. The molecule has 2 aromatic heterocycles. The Bertz CT molecular complexity index is 779. The summed E-state index contributed by atoms with van der Waals surface area (Å²) in [6, 6.07) is 6.48. The molecule has 0 saturated carbocycles. The number of aromatic nitrogens is 3. The van der Waals surface area contributed by atoms with Crippen LogP contribution in [0.4, 0.5) is 5.95 Å². The average Bonchev–Trinajstić information content (AvgIpc) is 2.97. The number of amides is 1. The van der Waals surface area contributed by atoms with Gasteiger partial charge in [-0.2, -0.15) is 0 Å². The number of rotatable bonds is 3. The fraction of sp³-hybridized carbons (Fsp3) is 0.550. The average molecular weight is 368 g/mol. The second-order valence-electron chi connectivity index (χ2n) is 7.61. The van der Waals surface area contributed by atoms with Gasteiger partial charge in [0.05, 0.1) is 0 Å². The van der Waals surface area contributed by atoms with Gasteiger partial charge in [-0.3, -0.25) is 9.69 Å². The molecule has 4 rings (SSSR count). The van der Waals surface area contributed by atoms with Crippen molar-refractivity contribution in [3.8, 4) is 0 Å². The van der Waals surface area contributed by atoms with E-state index in [0.29, 0.717) is 19.1 Å². The molecule has 1 fully saturated rings. The molecule has 0 unspecified atom stereocenters. The van der Waals surface area contributed by atoms with Crippen LogP contribution in [0.15, 0.2) is 30.6 Å². The molecular formula is C20H28N6O. The summed E-state index contributed by atoms with van der Waals surface area (Å²) in [4.78, 5) is 28.4. The zero-order valence-corrected chi connectivity index (χ0v) is 16.2. The highest BCUT2D eigenvalue weighted by molar-refractivity contribution is 5.93. The minimum absolute atomic E-state index is 0.146. The summed E-state index contributed by atoms with van der Waals surface area (Å²) in [5.74, 6) is 0.891. The predicted molar refractivity (Wildman–Crippen MR) is 105 cm³/mol. The van der Waals surface area contributed by atoms with Crippen molar-refractivity contribution >= 4 is 11.9 Å². The lowest BCUT2D eigenvalue weighted by atomic mass is 10.2. The smallest absolute Gasteiger partial charge is 0.270 e. The van der Waals surface area contributed by atoms with E-state index in [-0.39, 0.29) is 5.91 Å². The maximum Gasteiger partial charge on any atom is 0.270 e. The van der Waals surface area contributed by atoms with Gasteiger partial charge in [-0.05, 0) is 38.5 Å². The number of fused-ring (bicyclic) bond motifs is 1. The van der Waals surface area contributed by atoms with Crippen LogP contribution >= 0.6 is 0 Å². The Morgan fingerprint density at radius 1 is 1.00 bits per heavy atom. The van der Waals surface area contributed by atoms with E-state index in [4.69, 9.17) is 0 Å². The van der Waals surface area contributed by atoms with Gasteiger partial charge in [0, 0.05) is 69.9 Å². The molecule has 2 aromatic rings. The summed E-state index contributed by atoms with van der Waals surface area (Å²) < 4.78 is 2.23. The van der Waals surface area contributed by atoms with Crippen molar-refractivity contribution in [2.24, 2.45) is 0 Å². The SMILES string of the molecule is CC(C)N1CCCn2c(ccc2C(=O)N2CCN(c3ncccn3)CC2)C1. The van der Waals surface area contributed by atoms with E-state index in [9.17, 15) is 4.79 Å². The van der Waals surface area contributed by atoms with Crippen LogP contribution in [0.2, 0.25) is 0 Å². The van der Waals surface area contributed by atoms with Gasteiger partial charge >= 0.3 is 0 Å². The largest absolute Gasteiger partial charge is 0.339 e. The molecule has 0 spiro atoms. The minimum atomic E-state index is 0.146. The molecule has 0 bridgehead atoms. The van der Waals surface area contributed by atoms with E-state index in [1.54, 1.807) is 12.4 Å². The molecule has 27 heavy (non-hydrogen) atoms. The fourth-order valence-corrected chi connectivity index (χ4v) is 3.98. The number of nitrogens with zero attached hydrogens (tertiary/aromatic N) is 6. The maximum atomic E-state index is 13.1. The molecule has 7 heteroatoms. The molecule has 2 aliphatic heterocycles. The van der Waals surface area contributed by atoms with E-state index in [2.05, 4.69) is 44.2 Å². The first kappa shape index (κ1) is 18.0. The Labute approximate surface area is 160 Å². The topological polar surface area (TPSA) is 57.5 Å². The van der Waals surface area contributed by atoms with Gasteiger partial charge in [-0.1, -0.05) is 0 Å². The number of hydrogen-bond donors (Lipinski definition) is 0. The highest BCUT2D eigenvalue weighted by Gasteiger charge is 2.27. The van der Waals surface area contributed by atoms with E-state index in [0.717, 1.165) is 50.8 Å². The van der Waals surface area contributed by atoms with Crippen molar-refractivity contribution in [3.63, 3.8) is 0 Å². The molecule has 0 aromatic carbocycles. The third kappa shape index (κ3) is 3.69. The third-order valence-corrected chi connectivity index (χ3v) is 5.61. The highest BCUT2D eigenvalue weighted by atomic mass is 16.2. The Morgan fingerprint density at radius 3 is 2.44 bits per heavy atom. The molecule has 2 aliphatic rings. The maximum absolute atomic E-state index is 13.1. The first-order chi connectivity index (χ1) is 13.1. The van der Waals surface area contributed by atoms with Crippen LogP contribution in [0.1, 0.15) is 36.5 Å². The zero-order chi connectivity index (χ0) is 18.8. The molecule has 1 saturated heterocycles. The van der Waals surface area contributed by atoms with Gasteiger partial charge < -0.3 is 14.4 Å². The molecule has 0 aliphatic carbocycles. The number of piperazine rings is 1. The molecule has 1 amide bonds. The fourth-order valence-electron chi connectivity index (χ4n) is 3.98. The summed E-state index contributed by atoms with van der Waals surface area (Å²) in [5.41, 5.74) is 2.08. The normalized spacial score (nSPS) is 18.5. The summed E-state index contributed by atoms with van der Waals surface area (Å²) in [6.45, 7) is 10.3. The Kier molecular flexibility index (Phi) is 5.11. The predicted octanol–water partition coefficient (Wildman–Crippen LogP) is 1.85. The summed E-state index contributed by atoms with van der Waals surface area (Å²) in [5, 5.41) is 0. The minimum Gasteiger partial charge on any atom is -0.339 e. The summed E-state index contributed by atoms with van der Waals surface area (Å²) in [6.07, 6.45) is 4.60. The number of carbonyl (C=O) groups excluding carboxylic acids is 1. The number of anilines is 1. The van der Waals surface area contributed by atoms with Gasteiger partial charge in [0.2, 0.25) is 5.95 Å². The second kappa shape index (κ2) is 7.68. The van der Waals surface area contributed by atoms with E-state index >= 15 is 0 Å². The Balaban J connectivity index is 1.44. The third-order valence-electron chi connectivity index (χ3n) is 5.61. The van der Waals surface area contributed by atoms with Crippen molar-refractivity contribution < 1.29 is 4.79 Å². The van der Waals surface area contributed by atoms with Gasteiger partial charge in [-0.15, -0.1) is 0 Å². The molecule has 4 heterocycles. The lowest BCUT2D eigenvalue weighted by molar-refractivity contribution is 0.0735. The van der Waals surface area contributed by atoms with Crippen LogP contribution in [0.3, 0.4) is 0 Å². The van der Waals surface area contributed by atoms with Crippen molar-refractivity contribution in [2.45, 2.75) is 39.4 Å². The number of carbonyl (C=O) groups is 1. The Morgan fingerprint density at radius 2 is 1.74 bits per heavy atom. The monoisotopic (exact) mass is 368 g/mol. The molecule has 7 nitrogen and oxygen atoms in total. The van der Waals surface area contributed by atoms with Crippen molar-refractivity contribution in [1.29, 1.82) is 0 Å². The lowest BCUT2D eigenvalue weighted by Gasteiger charge is -2.34.